The molecule has 2 rings (SSSR count). The van der Waals surface area contributed by atoms with Gasteiger partial charge in [-0.3, -0.25) is 4.90 Å². The number of thiophene rings is 1. The van der Waals surface area contributed by atoms with Crippen LogP contribution in [-0.4, -0.2) is 31.2 Å². The molecule has 2 nitrogen and oxygen atoms in total. The number of nitrogens with zero attached hydrogens (tertiary/aromatic N) is 1. The van der Waals surface area contributed by atoms with Crippen LogP contribution in [0.2, 0.25) is 0 Å². The van der Waals surface area contributed by atoms with Crippen molar-refractivity contribution in [3.05, 3.63) is 20.3 Å². The van der Waals surface area contributed by atoms with Crippen LogP contribution in [-0.2, 0) is 11.3 Å². The zero-order valence-electron chi connectivity index (χ0n) is 8.25. The van der Waals surface area contributed by atoms with E-state index in [0.717, 1.165) is 32.8 Å². The summed E-state index contributed by atoms with van der Waals surface area (Å²) in [7, 11) is 0. The Kier molecular flexibility index (Phi) is 3.60. The average molecular weight is 276 g/mol. The summed E-state index contributed by atoms with van der Waals surface area (Å²) < 4.78 is 6.58. The lowest BCUT2D eigenvalue weighted by molar-refractivity contribution is 0.0346. The van der Waals surface area contributed by atoms with Gasteiger partial charge in [0.2, 0.25) is 0 Å². The number of morpholine rings is 1. The van der Waals surface area contributed by atoms with E-state index >= 15 is 0 Å². The zero-order valence-corrected chi connectivity index (χ0v) is 10.7. The predicted molar refractivity (Wildman–Crippen MR) is 62.9 cm³/mol. The van der Waals surface area contributed by atoms with Crippen LogP contribution in [0.3, 0.4) is 0 Å². The van der Waals surface area contributed by atoms with Crippen LogP contribution in [0.1, 0.15) is 10.4 Å². The number of rotatable bonds is 2. The molecule has 2 heterocycles. The molecule has 0 bridgehead atoms. The molecule has 1 aromatic heterocycles. The minimum atomic E-state index is 0.880. The van der Waals surface area contributed by atoms with Crippen LogP contribution in [0.15, 0.2) is 9.85 Å². The Balaban J connectivity index is 1.95. The molecule has 0 spiro atoms. The van der Waals surface area contributed by atoms with Crippen LogP contribution in [0, 0.1) is 6.92 Å². The maximum absolute atomic E-state index is 5.32. The van der Waals surface area contributed by atoms with E-state index in [1.165, 1.54) is 14.2 Å². The van der Waals surface area contributed by atoms with Gasteiger partial charge in [-0.15, -0.1) is 11.3 Å². The first kappa shape index (κ1) is 10.6. The molecular weight excluding hydrogens is 262 g/mol. The van der Waals surface area contributed by atoms with Crippen LogP contribution >= 0.6 is 27.3 Å². The lowest BCUT2D eigenvalue weighted by Crippen LogP contribution is -2.35. The van der Waals surface area contributed by atoms with Crippen molar-refractivity contribution < 1.29 is 4.74 Å². The van der Waals surface area contributed by atoms with E-state index in [-0.39, 0.29) is 0 Å². The fraction of sp³-hybridized carbons (Fsp3) is 0.600. The van der Waals surface area contributed by atoms with E-state index in [4.69, 9.17) is 4.74 Å². The van der Waals surface area contributed by atoms with Crippen molar-refractivity contribution in [1.82, 2.24) is 4.90 Å². The molecule has 1 fully saturated rings. The van der Waals surface area contributed by atoms with E-state index in [2.05, 4.69) is 33.8 Å². The number of hydrogen-bond acceptors (Lipinski definition) is 3. The zero-order chi connectivity index (χ0) is 9.97. The summed E-state index contributed by atoms with van der Waals surface area (Å²) in [6.45, 7) is 7.10. The second-order valence-electron chi connectivity index (χ2n) is 3.56. The quantitative estimate of drug-likeness (QED) is 0.823. The Morgan fingerprint density at radius 1 is 1.50 bits per heavy atom. The lowest BCUT2D eigenvalue weighted by atomic mass is 10.3. The standard InChI is InChI=1S/C10H14BrNOS/c1-8-6-9(14-10(8)11)7-12-2-4-13-5-3-12/h6H,2-5,7H2,1H3. The van der Waals surface area contributed by atoms with Crippen molar-refractivity contribution in [2.45, 2.75) is 13.5 Å². The van der Waals surface area contributed by atoms with Gasteiger partial charge in [0.05, 0.1) is 17.0 Å². The second-order valence-corrected chi connectivity index (χ2v) is 6.01. The van der Waals surface area contributed by atoms with Gasteiger partial charge < -0.3 is 4.74 Å². The third kappa shape index (κ3) is 2.57. The molecule has 0 aromatic carbocycles. The largest absolute Gasteiger partial charge is 0.379 e. The van der Waals surface area contributed by atoms with E-state index in [0.29, 0.717) is 0 Å². The highest BCUT2D eigenvalue weighted by molar-refractivity contribution is 9.11. The Morgan fingerprint density at radius 2 is 2.21 bits per heavy atom. The van der Waals surface area contributed by atoms with Gasteiger partial charge in [-0.2, -0.15) is 0 Å². The maximum Gasteiger partial charge on any atom is 0.0730 e. The topological polar surface area (TPSA) is 12.5 Å². The molecule has 1 saturated heterocycles. The van der Waals surface area contributed by atoms with Crippen molar-refractivity contribution >= 4 is 27.3 Å². The van der Waals surface area contributed by atoms with Gasteiger partial charge in [0.15, 0.2) is 0 Å². The van der Waals surface area contributed by atoms with Gasteiger partial charge in [-0.05, 0) is 34.5 Å². The monoisotopic (exact) mass is 275 g/mol. The SMILES string of the molecule is Cc1cc(CN2CCOCC2)sc1Br. The number of aryl methyl sites for hydroxylation is 1. The third-order valence-electron chi connectivity index (χ3n) is 2.39. The van der Waals surface area contributed by atoms with Gasteiger partial charge >= 0.3 is 0 Å². The summed E-state index contributed by atoms with van der Waals surface area (Å²) in [4.78, 5) is 3.89. The van der Waals surface area contributed by atoms with Crippen molar-refractivity contribution in [2.24, 2.45) is 0 Å². The van der Waals surface area contributed by atoms with Gasteiger partial charge in [-0.25, -0.2) is 0 Å². The molecule has 0 saturated carbocycles. The average Bonchev–Trinajstić information content (AvgIpc) is 2.47. The molecule has 1 aliphatic rings. The van der Waals surface area contributed by atoms with E-state index in [9.17, 15) is 0 Å². The van der Waals surface area contributed by atoms with Crippen LogP contribution in [0.4, 0.5) is 0 Å². The first-order valence-corrected chi connectivity index (χ1v) is 6.41. The van der Waals surface area contributed by atoms with Crippen molar-refractivity contribution in [3.63, 3.8) is 0 Å². The van der Waals surface area contributed by atoms with Crippen molar-refractivity contribution in [2.75, 3.05) is 26.3 Å². The first-order chi connectivity index (χ1) is 6.75. The van der Waals surface area contributed by atoms with E-state index in [1.54, 1.807) is 0 Å². The van der Waals surface area contributed by atoms with Crippen LogP contribution in [0.5, 0.6) is 0 Å². The Morgan fingerprint density at radius 3 is 2.79 bits per heavy atom. The first-order valence-electron chi connectivity index (χ1n) is 4.80. The molecule has 0 aliphatic carbocycles. The lowest BCUT2D eigenvalue weighted by Gasteiger charge is -2.25. The summed E-state index contributed by atoms with van der Waals surface area (Å²) in [6.07, 6.45) is 0. The van der Waals surface area contributed by atoms with E-state index in [1.807, 2.05) is 11.3 Å². The minimum Gasteiger partial charge on any atom is -0.379 e. The summed E-state index contributed by atoms with van der Waals surface area (Å²) in [5.41, 5.74) is 1.35. The molecule has 0 unspecified atom stereocenters. The van der Waals surface area contributed by atoms with E-state index < -0.39 is 0 Å². The molecule has 4 heteroatoms. The fourth-order valence-corrected chi connectivity index (χ4v) is 3.25. The Labute approximate surface area is 97.0 Å². The minimum absolute atomic E-state index is 0.880. The third-order valence-corrected chi connectivity index (χ3v) is 4.51. The molecule has 1 aliphatic heterocycles. The fourth-order valence-electron chi connectivity index (χ4n) is 1.58. The second kappa shape index (κ2) is 4.75. The highest BCUT2D eigenvalue weighted by atomic mass is 79.9. The van der Waals surface area contributed by atoms with Gasteiger partial charge in [0, 0.05) is 24.5 Å². The van der Waals surface area contributed by atoms with Crippen molar-refractivity contribution in [3.8, 4) is 0 Å². The number of ether oxygens (including phenoxy) is 1. The summed E-state index contributed by atoms with van der Waals surface area (Å²) in [5, 5.41) is 0. The molecule has 78 valence electrons. The molecule has 14 heavy (non-hydrogen) atoms. The van der Waals surface area contributed by atoms with Crippen LogP contribution in [0.25, 0.3) is 0 Å². The highest BCUT2D eigenvalue weighted by Crippen LogP contribution is 2.28. The highest BCUT2D eigenvalue weighted by Gasteiger charge is 2.12. The predicted octanol–water partition coefficient (Wildman–Crippen LogP) is 2.65. The molecule has 1 aromatic rings. The molecule has 0 atom stereocenters. The van der Waals surface area contributed by atoms with Gasteiger partial charge in [0.25, 0.3) is 0 Å². The van der Waals surface area contributed by atoms with Crippen molar-refractivity contribution in [1.29, 1.82) is 0 Å². The molecule has 0 radical (unpaired) electrons. The van der Waals surface area contributed by atoms with Crippen LogP contribution < -0.4 is 0 Å². The summed E-state index contributed by atoms with van der Waals surface area (Å²) in [5.74, 6) is 0. The van der Waals surface area contributed by atoms with Gasteiger partial charge in [0.1, 0.15) is 0 Å². The number of hydrogen-bond donors (Lipinski definition) is 0. The smallest absolute Gasteiger partial charge is 0.0730 e. The van der Waals surface area contributed by atoms with Gasteiger partial charge in [-0.1, -0.05) is 0 Å². The normalized spacial score (nSPS) is 18.7. The summed E-state index contributed by atoms with van der Waals surface area (Å²) in [6, 6.07) is 2.27. The molecular formula is C10H14BrNOS. The summed E-state index contributed by atoms with van der Waals surface area (Å²) >= 11 is 5.40. The molecule has 0 N–H and O–H groups in total. The molecule has 0 amide bonds. The number of halogens is 1. The maximum atomic E-state index is 5.32. The Hall–Kier alpha value is 0.100. The Bertz CT molecular complexity index is 288.